The summed E-state index contributed by atoms with van der Waals surface area (Å²) in [5.74, 6) is 1.19. The summed E-state index contributed by atoms with van der Waals surface area (Å²) in [5.41, 5.74) is 5.82. The molecule has 0 bridgehead atoms. The average molecular weight is 270 g/mol. The van der Waals surface area contributed by atoms with Gasteiger partial charge in [-0.2, -0.15) is 4.37 Å². The van der Waals surface area contributed by atoms with Crippen molar-refractivity contribution in [2.75, 3.05) is 31.2 Å². The van der Waals surface area contributed by atoms with Crippen LogP contribution in [0.15, 0.2) is 0 Å². The highest BCUT2D eigenvalue weighted by molar-refractivity contribution is 7.11. The lowest BCUT2D eigenvalue weighted by Crippen LogP contribution is -2.31. The van der Waals surface area contributed by atoms with E-state index in [1.54, 1.807) is 0 Å². The average Bonchev–Trinajstić information content (AvgIpc) is 2.85. The molecule has 6 heteroatoms. The quantitative estimate of drug-likeness (QED) is 0.857. The molecule has 18 heavy (non-hydrogen) atoms. The molecule has 1 saturated heterocycles. The number of anilines is 2. The second kappa shape index (κ2) is 5.75. The first-order chi connectivity index (χ1) is 8.58. The van der Waals surface area contributed by atoms with E-state index < -0.39 is 0 Å². The van der Waals surface area contributed by atoms with Crippen molar-refractivity contribution >= 4 is 22.4 Å². The molecule has 1 aromatic rings. The maximum absolute atomic E-state index is 5.82. The Balaban J connectivity index is 1.96. The van der Waals surface area contributed by atoms with Crippen molar-refractivity contribution in [1.29, 1.82) is 0 Å². The molecule has 1 aromatic heterocycles. The molecule has 102 valence electrons. The van der Waals surface area contributed by atoms with Gasteiger partial charge in [0, 0.05) is 12.6 Å². The third kappa shape index (κ3) is 3.05. The number of rotatable bonds is 5. The van der Waals surface area contributed by atoms with E-state index in [9.17, 15) is 0 Å². The Morgan fingerprint density at radius 1 is 1.61 bits per heavy atom. The fourth-order valence-electron chi connectivity index (χ4n) is 2.20. The Bertz CT molecular complexity index is 393. The van der Waals surface area contributed by atoms with E-state index in [1.807, 2.05) is 13.8 Å². The zero-order valence-corrected chi connectivity index (χ0v) is 12.1. The van der Waals surface area contributed by atoms with Gasteiger partial charge in [0.15, 0.2) is 16.6 Å². The van der Waals surface area contributed by atoms with Crippen LogP contribution in [0.1, 0.15) is 26.7 Å². The van der Waals surface area contributed by atoms with Gasteiger partial charge in [0.2, 0.25) is 0 Å². The minimum absolute atomic E-state index is 0.110. The standard InChI is InChI=1S/C12H22N4OS/c1-8(2)17-10-11(13)15-18-12(10)14-7-9-5-4-6-16(9)3/h8-9,14H,4-7H2,1-3H3,(H2,13,15). The summed E-state index contributed by atoms with van der Waals surface area (Å²) in [6.07, 6.45) is 2.64. The van der Waals surface area contributed by atoms with Gasteiger partial charge in [-0.05, 0) is 51.8 Å². The summed E-state index contributed by atoms with van der Waals surface area (Å²) in [5, 5.41) is 4.37. The lowest BCUT2D eigenvalue weighted by molar-refractivity contribution is 0.245. The molecule has 0 spiro atoms. The van der Waals surface area contributed by atoms with Gasteiger partial charge in [0.25, 0.3) is 0 Å². The van der Waals surface area contributed by atoms with E-state index in [0.717, 1.165) is 11.5 Å². The minimum atomic E-state index is 0.110. The lowest BCUT2D eigenvalue weighted by atomic mass is 10.2. The fourth-order valence-corrected chi connectivity index (χ4v) is 2.86. The molecular weight excluding hydrogens is 248 g/mol. The molecule has 1 aliphatic heterocycles. The van der Waals surface area contributed by atoms with Crippen LogP contribution in [-0.4, -0.2) is 41.6 Å². The van der Waals surface area contributed by atoms with Gasteiger partial charge in [0.1, 0.15) is 0 Å². The molecule has 1 unspecified atom stereocenters. The maximum Gasteiger partial charge on any atom is 0.197 e. The van der Waals surface area contributed by atoms with Crippen molar-refractivity contribution in [3.05, 3.63) is 0 Å². The number of hydrogen-bond acceptors (Lipinski definition) is 6. The van der Waals surface area contributed by atoms with E-state index in [2.05, 4.69) is 21.6 Å². The first-order valence-corrected chi connectivity index (χ1v) is 7.21. The number of ether oxygens (including phenoxy) is 1. The van der Waals surface area contributed by atoms with Gasteiger partial charge in [-0.1, -0.05) is 0 Å². The Hall–Kier alpha value is -1.01. The number of aromatic nitrogens is 1. The highest BCUT2D eigenvalue weighted by Gasteiger charge is 2.22. The van der Waals surface area contributed by atoms with Gasteiger partial charge in [0.05, 0.1) is 6.10 Å². The predicted octanol–water partition coefficient (Wildman–Crippen LogP) is 2.02. The molecule has 0 saturated carbocycles. The van der Waals surface area contributed by atoms with Crippen LogP contribution in [0.5, 0.6) is 5.75 Å². The largest absolute Gasteiger partial charge is 0.484 e. The van der Waals surface area contributed by atoms with Crippen molar-refractivity contribution < 1.29 is 4.74 Å². The predicted molar refractivity (Wildman–Crippen MR) is 76.4 cm³/mol. The monoisotopic (exact) mass is 270 g/mol. The Labute approximate surface area is 112 Å². The van der Waals surface area contributed by atoms with Crippen LogP contribution in [0.2, 0.25) is 0 Å². The third-order valence-corrected chi connectivity index (χ3v) is 4.00. The van der Waals surface area contributed by atoms with Crippen molar-refractivity contribution in [2.24, 2.45) is 0 Å². The van der Waals surface area contributed by atoms with Crippen molar-refractivity contribution in [3.63, 3.8) is 0 Å². The highest BCUT2D eigenvalue weighted by atomic mass is 32.1. The Kier molecular flexibility index (Phi) is 4.29. The number of likely N-dealkylation sites (N-methyl/N-ethyl adjacent to an activating group) is 1. The zero-order chi connectivity index (χ0) is 13.1. The SMILES string of the molecule is CC(C)Oc1c(N)nsc1NCC1CCCN1C. The summed E-state index contributed by atoms with van der Waals surface area (Å²) in [6.45, 7) is 6.09. The molecule has 0 aromatic carbocycles. The Morgan fingerprint density at radius 2 is 2.39 bits per heavy atom. The van der Waals surface area contributed by atoms with E-state index in [-0.39, 0.29) is 6.10 Å². The summed E-state index contributed by atoms with van der Waals surface area (Å²) >= 11 is 1.37. The van der Waals surface area contributed by atoms with Crippen LogP contribution < -0.4 is 15.8 Å². The normalized spacial score (nSPS) is 20.6. The topological polar surface area (TPSA) is 63.4 Å². The molecule has 0 amide bonds. The number of nitrogens with zero attached hydrogens (tertiary/aromatic N) is 2. The van der Waals surface area contributed by atoms with Crippen LogP contribution in [0.4, 0.5) is 10.8 Å². The van der Waals surface area contributed by atoms with Crippen molar-refractivity contribution in [1.82, 2.24) is 9.27 Å². The van der Waals surface area contributed by atoms with Gasteiger partial charge in [-0.15, -0.1) is 0 Å². The number of hydrogen-bond donors (Lipinski definition) is 2. The van der Waals surface area contributed by atoms with Crippen LogP contribution in [-0.2, 0) is 0 Å². The number of likely N-dealkylation sites (tertiary alicyclic amines) is 1. The number of nitrogens with one attached hydrogen (secondary N) is 1. The fraction of sp³-hybridized carbons (Fsp3) is 0.750. The summed E-state index contributed by atoms with van der Waals surface area (Å²) < 4.78 is 9.86. The molecule has 2 heterocycles. The van der Waals surface area contributed by atoms with Gasteiger partial charge < -0.3 is 20.7 Å². The molecule has 1 aliphatic rings. The van der Waals surface area contributed by atoms with Crippen LogP contribution in [0.25, 0.3) is 0 Å². The van der Waals surface area contributed by atoms with Crippen LogP contribution in [0, 0.1) is 0 Å². The van der Waals surface area contributed by atoms with E-state index in [1.165, 1.54) is 30.9 Å². The molecule has 1 fully saturated rings. The summed E-state index contributed by atoms with van der Waals surface area (Å²) in [4.78, 5) is 2.39. The van der Waals surface area contributed by atoms with E-state index in [4.69, 9.17) is 10.5 Å². The minimum Gasteiger partial charge on any atom is -0.484 e. The first-order valence-electron chi connectivity index (χ1n) is 6.44. The molecule has 0 radical (unpaired) electrons. The van der Waals surface area contributed by atoms with Crippen LogP contribution >= 0.6 is 11.5 Å². The highest BCUT2D eigenvalue weighted by Crippen LogP contribution is 2.36. The lowest BCUT2D eigenvalue weighted by Gasteiger charge is -2.20. The van der Waals surface area contributed by atoms with Crippen LogP contribution in [0.3, 0.4) is 0 Å². The van der Waals surface area contributed by atoms with Gasteiger partial charge >= 0.3 is 0 Å². The van der Waals surface area contributed by atoms with Gasteiger partial charge in [-0.3, -0.25) is 0 Å². The maximum atomic E-state index is 5.82. The number of nitrogens with two attached hydrogens (primary N) is 1. The second-order valence-electron chi connectivity index (χ2n) is 5.05. The first kappa shape index (κ1) is 13.4. The molecule has 5 nitrogen and oxygen atoms in total. The third-order valence-electron chi connectivity index (χ3n) is 3.20. The zero-order valence-electron chi connectivity index (χ0n) is 11.3. The molecule has 1 atom stereocenters. The smallest absolute Gasteiger partial charge is 0.197 e. The van der Waals surface area contributed by atoms with E-state index in [0.29, 0.717) is 17.6 Å². The number of nitrogen functional groups attached to an aromatic ring is 1. The molecule has 0 aliphatic carbocycles. The summed E-state index contributed by atoms with van der Waals surface area (Å²) in [6, 6.07) is 0.597. The van der Waals surface area contributed by atoms with Crippen molar-refractivity contribution in [3.8, 4) is 5.75 Å². The van der Waals surface area contributed by atoms with Crippen molar-refractivity contribution in [2.45, 2.75) is 38.8 Å². The molecule has 2 rings (SSSR count). The van der Waals surface area contributed by atoms with E-state index >= 15 is 0 Å². The Morgan fingerprint density at radius 3 is 3.00 bits per heavy atom. The molecular formula is C12H22N4OS. The van der Waals surface area contributed by atoms with Gasteiger partial charge in [-0.25, -0.2) is 0 Å². The second-order valence-corrected chi connectivity index (χ2v) is 5.82. The summed E-state index contributed by atoms with van der Waals surface area (Å²) in [7, 11) is 2.17. The molecule has 3 N–H and O–H groups in total.